The number of hydrogen-bond donors (Lipinski definition) is 0. The second-order valence-electron chi connectivity index (χ2n) is 3.41. The Kier molecular flexibility index (Phi) is 3.53. The molecule has 0 aromatic heterocycles. The topological polar surface area (TPSA) is 43.4 Å². The fraction of sp³-hybridized carbons (Fsp3) is 1.00. The van der Waals surface area contributed by atoms with Gasteiger partial charge in [-0.3, -0.25) is 4.18 Å². The van der Waals surface area contributed by atoms with Crippen molar-refractivity contribution in [2.24, 2.45) is 0 Å². The second kappa shape index (κ2) is 4.23. The highest BCUT2D eigenvalue weighted by molar-refractivity contribution is 7.86. The normalized spacial score (nSPS) is 22.1. The van der Waals surface area contributed by atoms with Crippen LogP contribution >= 0.6 is 0 Å². The average Bonchev–Trinajstić information content (AvgIpc) is 2.12. The van der Waals surface area contributed by atoms with E-state index in [1.807, 2.05) is 0 Å². The Morgan fingerprint density at radius 1 is 1.08 bits per heavy atom. The zero-order chi connectivity index (χ0) is 9.03. The molecule has 4 heteroatoms. The van der Waals surface area contributed by atoms with Crippen LogP contribution in [0, 0.1) is 0 Å². The lowest BCUT2D eigenvalue weighted by atomic mass is 10.2. The zero-order valence-electron chi connectivity index (χ0n) is 7.45. The second-order valence-corrected chi connectivity index (χ2v) is 5.01. The molecule has 0 amide bonds. The summed E-state index contributed by atoms with van der Waals surface area (Å²) in [7, 11) is -3.24. The van der Waals surface area contributed by atoms with Crippen LogP contribution in [-0.2, 0) is 14.3 Å². The van der Waals surface area contributed by atoms with Crippen LogP contribution in [-0.4, -0.2) is 20.8 Å². The van der Waals surface area contributed by atoms with Gasteiger partial charge in [0.1, 0.15) is 0 Å². The van der Waals surface area contributed by atoms with E-state index in [0.29, 0.717) is 0 Å². The lowest BCUT2D eigenvalue weighted by Gasteiger charge is -2.12. The van der Waals surface area contributed by atoms with Crippen LogP contribution in [0.4, 0.5) is 0 Å². The third kappa shape index (κ3) is 4.07. The highest BCUT2D eigenvalue weighted by atomic mass is 32.2. The molecule has 1 aliphatic carbocycles. The number of hydrogen-bond acceptors (Lipinski definition) is 3. The van der Waals surface area contributed by atoms with Crippen molar-refractivity contribution in [1.82, 2.24) is 0 Å². The molecular formula is C8H16O3S. The van der Waals surface area contributed by atoms with E-state index in [4.69, 9.17) is 4.18 Å². The smallest absolute Gasteiger partial charge is 0.264 e. The van der Waals surface area contributed by atoms with E-state index in [9.17, 15) is 8.42 Å². The fourth-order valence-corrected chi connectivity index (χ4v) is 2.27. The third-order valence-electron chi connectivity index (χ3n) is 2.11. The Bertz CT molecular complexity index is 212. The van der Waals surface area contributed by atoms with Crippen LogP contribution in [0.1, 0.15) is 38.5 Å². The molecule has 0 bridgehead atoms. The quantitative estimate of drug-likeness (QED) is 0.494. The molecule has 1 rings (SSSR count). The zero-order valence-corrected chi connectivity index (χ0v) is 8.27. The van der Waals surface area contributed by atoms with E-state index in [1.54, 1.807) is 0 Å². The summed E-state index contributed by atoms with van der Waals surface area (Å²) in [5.41, 5.74) is 0. The molecule has 0 aromatic carbocycles. The van der Waals surface area contributed by atoms with Gasteiger partial charge in [-0.1, -0.05) is 25.7 Å². The molecular weight excluding hydrogens is 176 g/mol. The standard InChI is InChI=1S/C8H16O3S/c1-12(9,10)11-8-6-4-2-3-5-7-8/h8H,2-7H2,1H3. The Morgan fingerprint density at radius 3 is 2.00 bits per heavy atom. The van der Waals surface area contributed by atoms with Crippen LogP contribution < -0.4 is 0 Å². The minimum absolute atomic E-state index is 0.0532. The molecule has 0 heterocycles. The number of rotatable bonds is 2. The Morgan fingerprint density at radius 2 is 1.58 bits per heavy atom. The van der Waals surface area contributed by atoms with Gasteiger partial charge in [-0.15, -0.1) is 0 Å². The average molecular weight is 192 g/mol. The summed E-state index contributed by atoms with van der Waals surface area (Å²) < 4.78 is 26.5. The van der Waals surface area contributed by atoms with Gasteiger partial charge in [0.15, 0.2) is 0 Å². The molecule has 1 fully saturated rings. The molecule has 0 saturated heterocycles. The highest BCUT2D eigenvalue weighted by Gasteiger charge is 2.16. The maximum Gasteiger partial charge on any atom is 0.264 e. The first-order valence-corrected chi connectivity index (χ1v) is 6.28. The van der Waals surface area contributed by atoms with Crippen molar-refractivity contribution >= 4 is 10.1 Å². The van der Waals surface area contributed by atoms with Gasteiger partial charge in [0.25, 0.3) is 10.1 Å². The lowest BCUT2D eigenvalue weighted by Crippen LogP contribution is -2.16. The first-order chi connectivity index (χ1) is 5.58. The van der Waals surface area contributed by atoms with Gasteiger partial charge in [-0.2, -0.15) is 8.42 Å². The lowest BCUT2D eigenvalue weighted by molar-refractivity contribution is 0.193. The molecule has 0 aromatic rings. The summed E-state index contributed by atoms with van der Waals surface area (Å²) in [6.45, 7) is 0. The molecule has 1 saturated carbocycles. The SMILES string of the molecule is CS(=O)(=O)OC1CCCCCC1. The van der Waals surface area contributed by atoms with E-state index >= 15 is 0 Å². The summed E-state index contributed by atoms with van der Waals surface area (Å²) in [5, 5.41) is 0. The van der Waals surface area contributed by atoms with Crippen molar-refractivity contribution in [3.05, 3.63) is 0 Å². The van der Waals surface area contributed by atoms with E-state index < -0.39 is 10.1 Å². The Balaban J connectivity index is 2.40. The first-order valence-electron chi connectivity index (χ1n) is 4.46. The van der Waals surface area contributed by atoms with Crippen LogP contribution in [0.3, 0.4) is 0 Å². The molecule has 72 valence electrons. The van der Waals surface area contributed by atoms with E-state index in [1.165, 1.54) is 12.8 Å². The van der Waals surface area contributed by atoms with Gasteiger partial charge >= 0.3 is 0 Å². The molecule has 0 unspecified atom stereocenters. The van der Waals surface area contributed by atoms with Crippen molar-refractivity contribution in [3.63, 3.8) is 0 Å². The monoisotopic (exact) mass is 192 g/mol. The summed E-state index contributed by atoms with van der Waals surface area (Å²) in [6.07, 6.45) is 7.48. The largest absolute Gasteiger partial charge is 0.267 e. The van der Waals surface area contributed by atoms with Crippen LogP contribution in [0.15, 0.2) is 0 Å². The van der Waals surface area contributed by atoms with E-state index in [-0.39, 0.29) is 6.10 Å². The fourth-order valence-electron chi connectivity index (χ4n) is 1.59. The minimum atomic E-state index is -3.24. The molecule has 12 heavy (non-hydrogen) atoms. The molecule has 0 aliphatic heterocycles. The first kappa shape index (κ1) is 9.99. The van der Waals surface area contributed by atoms with Gasteiger partial charge < -0.3 is 0 Å². The summed E-state index contributed by atoms with van der Waals surface area (Å²) in [5.74, 6) is 0. The van der Waals surface area contributed by atoms with Crippen molar-refractivity contribution in [2.45, 2.75) is 44.6 Å². The van der Waals surface area contributed by atoms with E-state index in [0.717, 1.165) is 31.9 Å². The third-order valence-corrected chi connectivity index (χ3v) is 2.73. The predicted octanol–water partition coefficient (Wildman–Crippen LogP) is 1.69. The molecule has 3 nitrogen and oxygen atoms in total. The van der Waals surface area contributed by atoms with Crippen molar-refractivity contribution in [3.8, 4) is 0 Å². The molecule has 0 radical (unpaired) electrons. The van der Waals surface area contributed by atoms with Crippen LogP contribution in [0.2, 0.25) is 0 Å². The summed E-state index contributed by atoms with van der Waals surface area (Å²) in [4.78, 5) is 0. The summed E-state index contributed by atoms with van der Waals surface area (Å²) in [6, 6.07) is 0. The molecule has 0 N–H and O–H groups in total. The van der Waals surface area contributed by atoms with Gasteiger partial charge in [-0.05, 0) is 12.8 Å². The van der Waals surface area contributed by atoms with Gasteiger partial charge in [0, 0.05) is 0 Å². The van der Waals surface area contributed by atoms with Crippen molar-refractivity contribution < 1.29 is 12.6 Å². The Hall–Kier alpha value is -0.0900. The minimum Gasteiger partial charge on any atom is -0.267 e. The van der Waals surface area contributed by atoms with Crippen molar-refractivity contribution in [2.75, 3.05) is 6.26 Å². The molecule has 0 spiro atoms. The Labute approximate surface area is 74.2 Å². The molecule has 0 atom stereocenters. The van der Waals surface area contributed by atoms with Crippen molar-refractivity contribution in [1.29, 1.82) is 0 Å². The molecule has 1 aliphatic rings. The van der Waals surface area contributed by atoms with Crippen LogP contribution in [0.5, 0.6) is 0 Å². The van der Waals surface area contributed by atoms with Gasteiger partial charge in [0.2, 0.25) is 0 Å². The van der Waals surface area contributed by atoms with Gasteiger partial charge in [-0.25, -0.2) is 0 Å². The highest BCUT2D eigenvalue weighted by Crippen LogP contribution is 2.20. The maximum absolute atomic E-state index is 10.8. The maximum atomic E-state index is 10.8. The van der Waals surface area contributed by atoms with Gasteiger partial charge in [0.05, 0.1) is 12.4 Å². The summed E-state index contributed by atoms with van der Waals surface area (Å²) >= 11 is 0. The van der Waals surface area contributed by atoms with Crippen LogP contribution in [0.25, 0.3) is 0 Å². The predicted molar refractivity (Wildman–Crippen MR) is 47.4 cm³/mol. The van der Waals surface area contributed by atoms with E-state index in [2.05, 4.69) is 0 Å².